The predicted octanol–water partition coefficient (Wildman–Crippen LogP) is 5.14. The Kier molecular flexibility index (Phi) is 6.06. The molecule has 6 heteroatoms. The van der Waals surface area contributed by atoms with Gasteiger partial charge in [0.15, 0.2) is 11.0 Å². The summed E-state index contributed by atoms with van der Waals surface area (Å²) in [6.45, 7) is 6.38. The fourth-order valence-electron chi connectivity index (χ4n) is 2.94. The third-order valence-electron chi connectivity index (χ3n) is 4.32. The predicted molar refractivity (Wildman–Crippen MR) is 110 cm³/mol. The summed E-state index contributed by atoms with van der Waals surface area (Å²) in [7, 11) is 3.37. The van der Waals surface area contributed by atoms with Crippen molar-refractivity contribution in [2.24, 2.45) is 0 Å². The minimum absolute atomic E-state index is 0.249. The van der Waals surface area contributed by atoms with Crippen LogP contribution in [0, 0.1) is 6.92 Å². The SMILES string of the molecule is COc1ccc(-c2nnc(SCc3cc(C)ccc3OC)n2C(C)C)cc1. The standard InChI is InChI=1S/C21H25N3O2S/c1-14(2)24-20(16-7-9-18(25-4)10-8-16)22-23-21(24)27-13-17-12-15(3)6-11-19(17)26-5/h6-12,14H,13H2,1-5H3. The molecule has 1 heterocycles. The van der Waals surface area contributed by atoms with Crippen molar-refractivity contribution in [3.63, 3.8) is 0 Å². The van der Waals surface area contributed by atoms with Gasteiger partial charge in [-0.15, -0.1) is 10.2 Å². The summed E-state index contributed by atoms with van der Waals surface area (Å²) in [5.74, 6) is 3.37. The van der Waals surface area contributed by atoms with Gasteiger partial charge in [-0.2, -0.15) is 0 Å². The van der Waals surface area contributed by atoms with E-state index >= 15 is 0 Å². The van der Waals surface area contributed by atoms with Crippen molar-refractivity contribution >= 4 is 11.8 Å². The lowest BCUT2D eigenvalue weighted by Crippen LogP contribution is -2.05. The highest BCUT2D eigenvalue weighted by molar-refractivity contribution is 7.98. The van der Waals surface area contributed by atoms with Gasteiger partial charge in [0.2, 0.25) is 0 Å². The quantitative estimate of drug-likeness (QED) is 0.529. The van der Waals surface area contributed by atoms with Gasteiger partial charge in [-0.3, -0.25) is 4.57 Å². The van der Waals surface area contributed by atoms with E-state index in [4.69, 9.17) is 9.47 Å². The van der Waals surface area contributed by atoms with Crippen molar-refractivity contribution < 1.29 is 9.47 Å². The van der Waals surface area contributed by atoms with Gasteiger partial charge >= 0.3 is 0 Å². The maximum atomic E-state index is 5.49. The minimum Gasteiger partial charge on any atom is -0.497 e. The van der Waals surface area contributed by atoms with Crippen molar-refractivity contribution in [3.05, 3.63) is 53.6 Å². The zero-order chi connectivity index (χ0) is 19.4. The summed E-state index contributed by atoms with van der Waals surface area (Å²) >= 11 is 1.67. The Balaban J connectivity index is 1.88. The molecule has 0 atom stereocenters. The number of hydrogen-bond donors (Lipinski definition) is 0. The Morgan fingerprint density at radius 2 is 1.74 bits per heavy atom. The zero-order valence-electron chi connectivity index (χ0n) is 16.4. The van der Waals surface area contributed by atoms with E-state index in [2.05, 4.69) is 47.7 Å². The van der Waals surface area contributed by atoms with E-state index in [-0.39, 0.29) is 6.04 Å². The van der Waals surface area contributed by atoms with Crippen LogP contribution in [0.2, 0.25) is 0 Å². The maximum Gasteiger partial charge on any atom is 0.192 e. The zero-order valence-corrected chi connectivity index (χ0v) is 17.2. The molecule has 0 amide bonds. The lowest BCUT2D eigenvalue weighted by Gasteiger charge is -2.14. The molecular formula is C21H25N3O2S. The normalized spacial score (nSPS) is 11.0. The summed E-state index contributed by atoms with van der Waals surface area (Å²) in [5, 5.41) is 9.81. The minimum atomic E-state index is 0.249. The van der Waals surface area contributed by atoms with Gasteiger partial charge in [0, 0.05) is 22.9 Å². The topological polar surface area (TPSA) is 49.2 Å². The van der Waals surface area contributed by atoms with E-state index in [1.807, 2.05) is 30.3 Å². The molecule has 0 aliphatic heterocycles. The average Bonchev–Trinajstić information content (AvgIpc) is 3.11. The Bertz CT molecular complexity index is 904. The number of aromatic nitrogens is 3. The Morgan fingerprint density at radius 3 is 2.37 bits per heavy atom. The average molecular weight is 384 g/mol. The Labute approximate surface area is 164 Å². The van der Waals surface area contributed by atoms with Crippen molar-refractivity contribution in [1.82, 2.24) is 14.8 Å². The molecule has 5 nitrogen and oxygen atoms in total. The van der Waals surface area contributed by atoms with Crippen LogP contribution in [0.4, 0.5) is 0 Å². The summed E-state index contributed by atoms with van der Waals surface area (Å²) < 4.78 is 12.9. The number of methoxy groups -OCH3 is 2. The molecule has 0 saturated carbocycles. The molecule has 0 radical (unpaired) electrons. The number of benzene rings is 2. The van der Waals surface area contributed by atoms with E-state index in [1.165, 1.54) is 5.56 Å². The molecule has 3 rings (SSSR count). The highest BCUT2D eigenvalue weighted by Crippen LogP contribution is 2.32. The summed E-state index contributed by atoms with van der Waals surface area (Å²) in [5.41, 5.74) is 3.40. The van der Waals surface area contributed by atoms with E-state index in [1.54, 1.807) is 26.0 Å². The van der Waals surface area contributed by atoms with Crippen LogP contribution in [-0.4, -0.2) is 29.0 Å². The molecule has 27 heavy (non-hydrogen) atoms. The number of nitrogens with zero attached hydrogens (tertiary/aromatic N) is 3. The van der Waals surface area contributed by atoms with Crippen molar-refractivity contribution in [1.29, 1.82) is 0 Å². The van der Waals surface area contributed by atoms with Gasteiger partial charge in [-0.1, -0.05) is 29.5 Å². The van der Waals surface area contributed by atoms with Crippen LogP contribution in [-0.2, 0) is 5.75 Å². The van der Waals surface area contributed by atoms with E-state index in [0.717, 1.165) is 39.4 Å². The first-order chi connectivity index (χ1) is 13.0. The first-order valence-electron chi connectivity index (χ1n) is 8.89. The highest BCUT2D eigenvalue weighted by Gasteiger charge is 2.17. The monoisotopic (exact) mass is 383 g/mol. The number of hydrogen-bond acceptors (Lipinski definition) is 5. The second-order valence-corrected chi connectivity index (χ2v) is 7.54. The maximum absolute atomic E-state index is 5.49. The first-order valence-corrected chi connectivity index (χ1v) is 9.87. The number of rotatable bonds is 7. The largest absolute Gasteiger partial charge is 0.497 e. The summed E-state index contributed by atoms with van der Waals surface area (Å²) in [6, 6.07) is 14.4. The summed E-state index contributed by atoms with van der Waals surface area (Å²) in [6.07, 6.45) is 0. The molecule has 2 aromatic carbocycles. The Morgan fingerprint density at radius 1 is 1.00 bits per heavy atom. The third kappa shape index (κ3) is 4.27. The van der Waals surface area contributed by atoms with E-state index in [0.29, 0.717) is 0 Å². The van der Waals surface area contributed by atoms with Crippen LogP contribution < -0.4 is 9.47 Å². The first kappa shape index (κ1) is 19.3. The number of thioether (sulfide) groups is 1. The summed E-state index contributed by atoms with van der Waals surface area (Å²) in [4.78, 5) is 0. The third-order valence-corrected chi connectivity index (χ3v) is 5.31. The lowest BCUT2D eigenvalue weighted by atomic mass is 10.1. The van der Waals surface area contributed by atoms with Crippen LogP contribution >= 0.6 is 11.8 Å². The van der Waals surface area contributed by atoms with Gasteiger partial charge in [-0.25, -0.2) is 0 Å². The number of aryl methyl sites for hydroxylation is 1. The fourth-order valence-corrected chi connectivity index (χ4v) is 3.99. The van der Waals surface area contributed by atoms with Gasteiger partial charge < -0.3 is 9.47 Å². The molecule has 0 N–H and O–H groups in total. The second kappa shape index (κ2) is 8.48. The van der Waals surface area contributed by atoms with Crippen molar-refractivity contribution in [2.45, 2.75) is 37.7 Å². The molecular weight excluding hydrogens is 358 g/mol. The van der Waals surface area contributed by atoms with Gasteiger partial charge in [0.05, 0.1) is 14.2 Å². The Hall–Kier alpha value is -2.47. The molecule has 3 aromatic rings. The van der Waals surface area contributed by atoms with Crippen LogP contribution in [0.25, 0.3) is 11.4 Å². The lowest BCUT2D eigenvalue weighted by molar-refractivity contribution is 0.411. The van der Waals surface area contributed by atoms with E-state index < -0.39 is 0 Å². The molecule has 0 spiro atoms. The van der Waals surface area contributed by atoms with Gasteiger partial charge in [0.1, 0.15) is 11.5 Å². The molecule has 0 bridgehead atoms. The van der Waals surface area contributed by atoms with E-state index in [9.17, 15) is 0 Å². The molecule has 0 unspecified atom stereocenters. The molecule has 142 valence electrons. The van der Waals surface area contributed by atoms with Crippen molar-refractivity contribution in [2.75, 3.05) is 14.2 Å². The molecule has 0 aliphatic carbocycles. The highest BCUT2D eigenvalue weighted by atomic mass is 32.2. The smallest absolute Gasteiger partial charge is 0.192 e. The van der Waals surface area contributed by atoms with Crippen molar-refractivity contribution in [3.8, 4) is 22.9 Å². The number of ether oxygens (including phenoxy) is 2. The molecule has 1 aromatic heterocycles. The fraction of sp³-hybridized carbons (Fsp3) is 0.333. The van der Waals surface area contributed by atoms with Gasteiger partial charge in [-0.05, 0) is 51.1 Å². The molecule has 0 aliphatic rings. The second-order valence-electron chi connectivity index (χ2n) is 6.60. The molecule has 0 fully saturated rings. The van der Waals surface area contributed by atoms with Crippen LogP contribution in [0.1, 0.15) is 31.0 Å². The van der Waals surface area contributed by atoms with Crippen LogP contribution in [0.5, 0.6) is 11.5 Å². The molecule has 0 saturated heterocycles. The van der Waals surface area contributed by atoms with Gasteiger partial charge in [0.25, 0.3) is 0 Å². The van der Waals surface area contributed by atoms with Crippen LogP contribution in [0.15, 0.2) is 47.6 Å². The van der Waals surface area contributed by atoms with Crippen LogP contribution in [0.3, 0.4) is 0 Å².